The smallest absolute Gasteiger partial charge is 0.220 e. The molecule has 2 rings (SSSR count). The van der Waals surface area contributed by atoms with Gasteiger partial charge in [-0.15, -0.1) is 0 Å². The molecule has 1 saturated heterocycles. The Morgan fingerprint density at radius 3 is 3.06 bits per heavy atom. The maximum atomic E-state index is 11.0. The molecular formula is C12H17N3O2. The predicted octanol–water partition coefficient (Wildman–Crippen LogP) is 0.968. The van der Waals surface area contributed by atoms with Crippen LogP contribution in [0.1, 0.15) is 12.8 Å². The SMILES string of the molecule is COc1ccc(N)c(NCC2CCC(=O)N2)c1. The van der Waals surface area contributed by atoms with Crippen molar-refractivity contribution in [2.24, 2.45) is 0 Å². The van der Waals surface area contributed by atoms with Crippen molar-refractivity contribution in [1.82, 2.24) is 5.32 Å². The second-order valence-corrected chi connectivity index (χ2v) is 4.14. The van der Waals surface area contributed by atoms with E-state index < -0.39 is 0 Å². The van der Waals surface area contributed by atoms with E-state index in [4.69, 9.17) is 10.5 Å². The predicted molar refractivity (Wildman–Crippen MR) is 67.1 cm³/mol. The van der Waals surface area contributed by atoms with Gasteiger partial charge in [0, 0.05) is 25.1 Å². The highest BCUT2D eigenvalue weighted by Gasteiger charge is 2.20. The highest BCUT2D eigenvalue weighted by Crippen LogP contribution is 2.24. The van der Waals surface area contributed by atoms with Crippen LogP contribution in [0.4, 0.5) is 11.4 Å². The molecule has 1 aliphatic heterocycles. The number of benzene rings is 1. The molecule has 17 heavy (non-hydrogen) atoms. The van der Waals surface area contributed by atoms with Crippen LogP contribution in [-0.2, 0) is 4.79 Å². The maximum absolute atomic E-state index is 11.0. The third-order valence-corrected chi connectivity index (χ3v) is 2.88. The summed E-state index contributed by atoms with van der Waals surface area (Å²) < 4.78 is 5.13. The number of carbonyl (C=O) groups excluding carboxylic acids is 1. The van der Waals surface area contributed by atoms with Crippen LogP contribution in [0.3, 0.4) is 0 Å². The number of nitrogen functional groups attached to an aromatic ring is 1. The Kier molecular flexibility index (Phi) is 3.37. The molecule has 0 spiro atoms. The summed E-state index contributed by atoms with van der Waals surface area (Å²) in [6.07, 6.45) is 1.48. The molecule has 0 radical (unpaired) electrons. The second-order valence-electron chi connectivity index (χ2n) is 4.14. The first-order chi connectivity index (χ1) is 8.19. The molecule has 1 amide bonds. The highest BCUT2D eigenvalue weighted by molar-refractivity contribution is 5.78. The van der Waals surface area contributed by atoms with E-state index in [1.165, 1.54) is 0 Å². The minimum atomic E-state index is 0.121. The molecule has 5 heteroatoms. The van der Waals surface area contributed by atoms with E-state index in [2.05, 4.69) is 10.6 Å². The van der Waals surface area contributed by atoms with Crippen LogP contribution in [-0.4, -0.2) is 25.6 Å². The monoisotopic (exact) mass is 235 g/mol. The van der Waals surface area contributed by atoms with Gasteiger partial charge in [0.2, 0.25) is 5.91 Å². The molecule has 1 aliphatic rings. The normalized spacial score (nSPS) is 18.9. The third kappa shape index (κ3) is 2.81. The first kappa shape index (κ1) is 11.6. The molecule has 1 unspecified atom stereocenters. The van der Waals surface area contributed by atoms with Crippen molar-refractivity contribution in [1.29, 1.82) is 0 Å². The second kappa shape index (κ2) is 4.95. The first-order valence-corrected chi connectivity index (χ1v) is 5.66. The lowest BCUT2D eigenvalue weighted by molar-refractivity contribution is -0.119. The van der Waals surface area contributed by atoms with Crippen molar-refractivity contribution in [2.45, 2.75) is 18.9 Å². The number of hydrogen-bond acceptors (Lipinski definition) is 4. The number of nitrogens with one attached hydrogen (secondary N) is 2. The van der Waals surface area contributed by atoms with Gasteiger partial charge in [-0.3, -0.25) is 4.79 Å². The molecule has 4 N–H and O–H groups in total. The van der Waals surface area contributed by atoms with Crippen molar-refractivity contribution in [3.05, 3.63) is 18.2 Å². The van der Waals surface area contributed by atoms with E-state index in [1.54, 1.807) is 13.2 Å². The Morgan fingerprint density at radius 1 is 1.59 bits per heavy atom. The van der Waals surface area contributed by atoms with Crippen LogP contribution in [0, 0.1) is 0 Å². The zero-order valence-corrected chi connectivity index (χ0v) is 9.82. The van der Waals surface area contributed by atoms with Crippen molar-refractivity contribution in [2.75, 3.05) is 24.7 Å². The van der Waals surface area contributed by atoms with Crippen LogP contribution < -0.4 is 21.1 Å². The summed E-state index contributed by atoms with van der Waals surface area (Å²) in [6, 6.07) is 5.66. The van der Waals surface area contributed by atoms with Gasteiger partial charge in [-0.1, -0.05) is 0 Å². The zero-order valence-electron chi connectivity index (χ0n) is 9.82. The molecule has 0 aromatic heterocycles. The minimum Gasteiger partial charge on any atom is -0.497 e. The Morgan fingerprint density at radius 2 is 2.41 bits per heavy atom. The summed E-state index contributed by atoms with van der Waals surface area (Å²) in [6.45, 7) is 0.684. The average Bonchev–Trinajstić information content (AvgIpc) is 2.74. The maximum Gasteiger partial charge on any atom is 0.220 e. The average molecular weight is 235 g/mol. The topological polar surface area (TPSA) is 76.4 Å². The Hall–Kier alpha value is -1.91. The minimum absolute atomic E-state index is 0.121. The Bertz CT molecular complexity index is 420. The summed E-state index contributed by atoms with van der Waals surface area (Å²) in [5.41, 5.74) is 7.37. The van der Waals surface area contributed by atoms with Gasteiger partial charge in [-0.25, -0.2) is 0 Å². The molecule has 0 bridgehead atoms. The van der Waals surface area contributed by atoms with Crippen LogP contribution in [0.5, 0.6) is 5.75 Å². The van der Waals surface area contributed by atoms with Crippen LogP contribution in [0.15, 0.2) is 18.2 Å². The van der Waals surface area contributed by atoms with Crippen molar-refractivity contribution >= 4 is 17.3 Å². The number of methoxy groups -OCH3 is 1. The molecule has 1 fully saturated rings. The van der Waals surface area contributed by atoms with Crippen LogP contribution in [0.25, 0.3) is 0 Å². The van der Waals surface area contributed by atoms with E-state index in [9.17, 15) is 4.79 Å². The van der Waals surface area contributed by atoms with Gasteiger partial charge in [0.25, 0.3) is 0 Å². The van der Waals surface area contributed by atoms with E-state index in [1.807, 2.05) is 12.1 Å². The quantitative estimate of drug-likeness (QED) is 0.680. The molecule has 0 aliphatic carbocycles. The summed E-state index contributed by atoms with van der Waals surface area (Å²) >= 11 is 0. The lowest BCUT2D eigenvalue weighted by atomic mass is 10.2. The van der Waals surface area contributed by atoms with Crippen LogP contribution >= 0.6 is 0 Å². The Balaban J connectivity index is 1.96. The van der Waals surface area contributed by atoms with Gasteiger partial charge in [0.1, 0.15) is 5.75 Å². The summed E-state index contributed by atoms with van der Waals surface area (Å²) in [5.74, 6) is 0.882. The number of hydrogen-bond donors (Lipinski definition) is 3. The summed E-state index contributed by atoms with van der Waals surface area (Å²) in [7, 11) is 1.62. The van der Waals surface area contributed by atoms with Crippen molar-refractivity contribution in [3.63, 3.8) is 0 Å². The van der Waals surface area contributed by atoms with E-state index in [0.717, 1.165) is 17.9 Å². The number of carbonyl (C=O) groups is 1. The summed E-state index contributed by atoms with van der Waals surface area (Å²) in [5, 5.41) is 6.13. The lowest BCUT2D eigenvalue weighted by Crippen LogP contribution is -2.31. The molecule has 5 nitrogen and oxygen atoms in total. The number of rotatable bonds is 4. The van der Waals surface area contributed by atoms with Crippen molar-refractivity contribution < 1.29 is 9.53 Å². The molecule has 1 aromatic carbocycles. The van der Waals surface area contributed by atoms with Gasteiger partial charge in [-0.2, -0.15) is 0 Å². The number of nitrogens with two attached hydrogens (primary N) is 1. The molecular weight excluding hydrogens is 218 g/mol. The fraction of sp³-hybridized carbons (Fsp3) is 0.417. The number of anilines is 2. The lowest BCUT2D eigenvalue weighted by Gasteiger charge is -2.14. The number of ether oxygens (including phenoxy) is 1. The van der Waals surface area contributed by atoms with Crippen LogP contribution in [0.2, 0.25) is 0 Å². The van der Waals surface area contributed by atoms with Gasteiger partial charge in [-0.05, 0) is 18.6 Å². The van der Waals surface area contributed by atoms with E-state index >= 15 is 0 Å². The third-order valence-electron chi connectivity index (χ3n) is 2.88. The van der Waals surface area contributed by atoms with Crippen molar-refractivity contribution in [3.8, 4) is 5.75 Å². The van der Waals surface area contributed by atoms with Gasteiger partial charge in [0.05, 0.1) is 18.5 Å². The van der Waals surface area contributed by atoms with Gasteiger partial charge in [0.15, 0.2) is 0 Å². The molecule has 0 saturated carbocycles. The fourth-order valence-corrected chi connectivity index (χ4v) is 1.88. The van der Waals surface area contributed by atoms with E-state index in [-0.39, 0.29) is 11.9 Å². The fourth-order valence-electron chi connectivity index (χ4n) is 1.88. The highest BCUT2D eigenvalue weighted by atomic mass is 16.5. The molecule has 1 heterocycles. The molecule has 92 valence electrons. The molecule has 1 aromatic rings. The zero-order chi connectivity index (χ0) is 12.3. The largest absolute Gasteiger partial charge is 0.497 e. The van der Waals surface area contributed by atoms with E-state index in [0.29, 0.717) is 18.7 Å². The Labute approximate surface area is 100 Å². The molecule has 1 atom stereocenters. The summed E-state index contributed by atoms with van der Waals surface area (Å²) in [4.78, 5) is 11.0. The first-order valence-electron chi connectivity index (χ1n) is 5.66. The number of amides is 1. The van der Waals surface area contributed by atoms with Gasteiger partial charge < -0.3 is 21.1 Å². The van der Waals surface area contributed by atoms with Gasteiger partial charge >= 0.3 is 0 Å². The standard InChI is InChI=1S/C12H17N3O2/c1-17-9-3-4-10(13)11(6-9)14-7-8-2-5-12(16)15-8/h3-4,6,8,14H,2,5,7,13H2,1H3,(H,15,16).